The Morgan fingerprint density at radius 1 is 0.864 bits per heavy atom. The van der Waals surface area contributed by atoms with E-state index in [-0.39, 0.29) is 46.8 Å². The number of nitrogen functional groups attached to an aromatic ring is 1. The first-order valence-corrected chi connectivity index (χ1v) is 20.4. The van der Waals surface area contributed by atoms with E-state index in [1.807, 2.05) is 29.6 Å². The fourth-order valence-electron chi connectivity index (χ4n) is 8.72. The summed E-state index contributed by atoms with van der Waals surface area (Å²) >= 11 is 0. The molecule has 0 saturated carbocycles. The maximum absolute atomic E-state index is 13.9. The molecule has 7 heterocycles. The van der Waals surface area contributed by atoms with Crippen molar-refractivity contribution >= 4 is 23.6 Å². The number of carbonyl (C=O) groups excluding carboxylic acids is 2. The number of hydrogen-bond acceptors (Lipinski definition) is 13. The van der Waals surface area contributed by atoms with Crippen LogP contribution >= 0.6 is 0 Å². The van der Waals surface area contributed by atoms with Crippen molar-refractivity contribution in [3.8, 4) is 22.9 Å². The van der Waals surface area contributed by atoms with Gasteiger partial charge < -0.3 is 35.4 Å². The summed E-state index contributed by atoms with van der Waals surface area (Å²) in [7, 11) is 0. The zero-order valence-electron chi connectivity index (χ0n) is 33.4. The third-order valence-electron chi connectivity index (χ3n) is 12.0. The number of aromatic nitrogens is 6. The van der Waals surface area contributed by atoms with E-state index in [2.05, 4.69) is 43.1 Å². The number of nitrogens with two attached hydrogens (primary N) is 1. The van der Waals surface area contributed by atoms with Crippen molar-refractivity contribution < 1.29 is 24.5 Å². The Kier molecular flexibility index (Phi) is 10.3. The molecule has 4 N–H and O–H groups in total. The first kappa shape index (κ1) is 38.4. The van der Waals surface area contributed by atoms with Crippen LogP contribution in [0.25, 0.3) is 11.4 Å². The van der Waals surface area contributed by atoms with Gasteiger partial charge in [-0.15, -0.1) is 0 Å². The maximum Gasteiger partial charge on any atom is 0.258 e. The van der Waals surface area contributed by atoms with Crippen LogP contribution in [0, 0.1) is 0 Å². The van der Waals surface area contributed by atoms with Crippen LogP contribution in [0.2, 0.25) is 0 Å². The molecule has 9 rings (SSSR count). The Morgan fingerprint density at radius 2 is 1.63 bits per heavy atom. The highest BCUT2D eigenvalue weighted by Crippen LogP contribution is 2.35. The minimum Gasteiger partial charge on any atom is -0.508 e. The Bertz CT molecular complexity index is 2390. The van der Waals surface area contributed by atoms with E-state index in [9.17, 15) is 19.8 Å². The highest BCUT2D eigenvalue weighted by Gasteiger charge is 2.31. The molecule has 5 aromatic rings. The summed E-state index contributed by atoms with van der Waals surface area (Å²) in [6.45, 7) is 11.0. The number of fused-ring (bicyclic) bond motifs is 2. The minimum absolute atomic E-state index is 0.00561. The largest absolute Gasteiger partial charge is 0.508 e. The second-order valence-corrected chi connectivity index (χ2v) is 16.3. The van der Waals surface area contributed by atoms with Gasteiger partial charge in [0, 0.05) is 82.6 Å². The molecule has 0 aliphatic carbocycles. The molecule has 0 radical (unpaired) electrons. The molecular weight excluding hydrogens is 751 g/mol. The van der Waals surface area contributed by atoms with Gasteiger partial charge >= 0.3 is 0 Å². The molecule has 4 aliphatic heterocycles. The molecule has 16 nitrogen and oxygen atoms in total. The van der Waals surface area contributed by atoms with Crippen molar-refractivity contribution in [1.29, 1.82) is 0 Å². The van der Waals surface area contributed by atoms with Crippen LogP contribution in [-0.2, 0) is 37.3 Å². The molecule has 2 saturated heterocycles. The minimum atomic E-state index is -0.249. The zero-order chi connectivity index (χ0) is 40.8. The first-order valence-electron chi connectivity index (χ1n) is 20.4. The molecule has 0 bridgehead atoms. The fourth-order valence-corrected chi connectivity index (χ4v) is 8.72. The zero-order valence-corrected chi connectivity index (χ0v) is 33.4. The summed E-state index contributed by atoms with van der Waals surface area (Å²) in [4.78, 5) is 53.9. The molecule has 3 aromatic heterocycles. The van der Waals surface area contributed by atoms with Crippen LogP contribution in [0.3, 0.4) is 0 Å². The SMILES string of the molecule is CC(C)c1cc(C(=O)N2Cc3ccc(CN4CCC(n5cc(C(=O)N6CCc7c(nc(-c8cnc(N)nc8)nc7N7CCOCC7)C6)cn5)CC4)cc3C2)c(O)cc1O. The smallest absolute Gasteiger partial charge is 0.258 e. The van der Waals surface area contributed by atoms with Crippen LogP contribution in [0.4, 0.5) is 11.8 Å². The van der Waals surface area contributed by atoms with E-state index < -0.39 is 0 Å². The molecule has 2 aromatic carbocycles. The lowest BCUT2D eigenvalue weighted by molar-refractivity contribution is 0.0728. The lowest BCUT2D eigenvalue weighted by atomic mass is 9.98. The number of phenolic OH excluding ortho intramolecular Hbond substituents is 2. The molecule has 59 heavy (non-hydrogen) atoms. The second-order valence-electron chi connectivity index (χ2n) is 16.3. The molecule has 306 valence electrons. The van der Waals surface area contributed by atoms with E-state index in [4.69, 9.17) is 20.4 Å². The van der Waals surface area contributed by atoms with E-state index >= 15 is 0 Å². The average molecular weight is 800 g/mol. The lowest BCUT2D eigenvalue weighted by Crippen LogP contribution is -2.40. The summed E-state index contributed by atoms with van der Waals surface area (Å²) < 4.78 is 7.56. The van der Waals surface area contributed by atoms with E-state index in [0.717, 1.165) is 73.8 Å². The first-order chi connectivity index (χ1) is 28.6. The number of piperidine rings is 1. The highest BCUT2D eigenvalue weighted by atomic mass is 16.5. The summed E-state index contributed by atoms with van der Waals surface area (Å²) in [5.74, 6) is 1.03. The van der Waals surface area contributed by atoms with Gasteiger partial charge in [0.05, 0.1) is 54.4 Å². The molecular formula is C43H49N11O5. The topological polar surface area (TPSA) is 192 Å². The summed E-state index contributed by atoms with van der Waals surface area (Å²) in [6, 6.07) is 9.50. The number of ether oxygens (including phenoxy) is 1. The fraction of sp³-hybridized carbons (Fsp3) is 0.419. The van der Waals surface area contributed by atoms with Crippen molar-refractivity contribution in [2.24, 2.45) is 0 Å². The second kappa shape index (κ2) is 15.9. The van der Waals surface area contributed by atoms with Crippen molar-refractivity contribution in [3.05, 3.63) is 99.8 Å². The summed E-state index contributed by atoms with van der Waals surface area (Å²) in [5, 5.41) is 25.4. The number of anilines is 2. The van der Waals surface area contributed by atoms with Crippen molar-refractivity contribution in [2.75, 3.05) is 56.6 Å². The summed E-state index contributed by atoms with van der Waals surface area (Å²) in [6.07, 6.45) is 9.29. The quantitative estimate of drug-likeness (QED) is 0.202. The number of rotatable bonds is 8. The maximum atomic E-state index is 13.9. The number of benzene rings is 2. The lowest BCUT2D eigenvalue weighted by Gasteiger charge is -2.34. The van der Waals surface area contributed by atoms with Crippen molar-refractivity contribution in [2.45, 2.75) is 71.2 Å². The normalized spacial score (nSPS) is 17.4. The predicted octanol–water partition coefficient (Wildman–Crippen LogP) is 4.28. The Morgan fingerprint density at radius 3 is 2.39 bits per heavy atom. The van der Waals surface area contributed by atoms with Crippen molar-refractivity contribution in [3.63, 3.8) is 0 Å². The number of aromatic hydroxyl groups is 2. The van der Waals surface area contributed by atoms with E-state index in [1.165, 1.54) is 11.6 Å². The number of nitrogens with zero attached hydrogens (tertiary/aromatic N) is 10. The number of carbonyl (C=O) groups is 2. The van der Waals surface area contributed by atoms with Gasteiger partial charge in [0.15, 0.2) is 5.82 Å². The van der Waals surface area contributed by atoms with E-state index in [0.29, 0.717) is 68.3 Å². The third-order valence-corrected chi connectivity index (χ3v) is 12.0. The van der Waals surface area contributed by atoms with Gasteiger partial charge in [0.25, 0.3) is 11.8 Å². The molecule has 2 amide bonds. The molecule has 0 unspecified atom stereocenters. The molecule has 16 heteroatoms. The summed E-state index contributed by atoms with van der Waals surface area (Å²) in [5.41, 5.74) is 13.1. The van der Waals surface area contributed by atoms with Gasteiger partial charge in [-0.1, -0.05) is 32.0 Å². The highest BCUT2D eigenvalue weighted by molar-refractivity contribution is 5.97. The monoisotopic (exact) mass is 799 g/mol. The van der Waals surface area contributed by atoms with Crippen LogP contribution < -0.4 is 10.6 Å². The van der Waals surface area contributed by atoms with Gasteiger partial charge in [-0.05, 0) is 53.5 Å². The van der Waals surface area contributed by atoms with E-state index in [1.54, 1.807) is 29.6 Å². The van der Waals surface area contributed by atoms with Crippen LogP contribution in [-0.4, -0.2) is 112 Å². The number of morpholine rings is 1. The van der Waals surface area contributed by atoms with Crippen LogP contribution in [0.15, 0.2) is 55.1 Å². The average Bonchev–Trinajstić information content (AvgIpc) is 3.92. The number of hydrogen-bond donors (Lipinski definition) is 3. The Balaban J connectivity index is 0.815. The Labute approximate surface area is 342 Å². The van der Waals surface area contributed by atoms with Gasteiger partial charge in [0.2, 0.25) is 5.95 Å². The predicted molar refractivity (Wildman–Crippen MR) is 219 cm³/mol. The van der Waals surface area contributed by atoms with Crippen LogP contribution in [0.1, 0.15) is 92.9 Å². The molecule has 2 fully saturated rings. The van der Waals surface area contributed by atoms with Gasteiger partial charge in [0.1, 0.15) is 17.3 Å². The molecule has 4 aliphatic rings. The number of phenols is 2. The van der Waals surface area contributed by atoms with Crippen LogP contribution in [0.5, 0.6) is 11.5 Å². The van der Waals surface area contributed by atoms with Gasteiger partial charge in [-0.2, -0.15) is 5.10 Å². The Hall–Kier alpha value is -6.13. The van der Waals surface area contributed by atoms with Crippen molar-refractivity contribution in [1.82, 2.24) is 44.4 Å². The number of likely N-dealkylation sites (tertiary alicyclic amines) is 1. The molecule has 0 atom stereocenters. The molecule has 0 spiro atoms. The van der Waals surface area contributed by atoms with Gasteiger partial charge in [-0.25, -0.2) is 19.9 Å². The van der Waals surface area contributed by atoms with Gasteiger partial charge in [-0.3, -0.25) is 19.2 Å². The standard InChI is InChI=1S/C43H49N11O5/c1-26(2)34-16-35(38(56)17-37(34)55)42(58)53-22-28-4-3-27(15-29(28)23-53)21-50-8-5-32(6-9-50)54-24-31(20-47-54)41(57)52-10-7-33-36(25-52)48-39(30-18-45-43(44)46-19-30)49-40(33)51-11-13-59-14-12-51/h3-4,15-20,24,26,32,55-56H,5-14,21-23,25H2,1-2H3,(H2,44,45,46). The third kappa shape index (κ3) is 7.77. The number of amides is 2.